The maximum absolute atomic E-state index is 12.5. The van der Waals surface area contributed by atoms with Crippen molar-refractivity contribution in [2.24, 2.45) is 39.4 Å². The molecule has 3 N–H and O–H groups in total. The minimum absolute atomic E-state index is 0.0105. The first-order valence-corrected chi connectivity index (χ1v) is 13.7. The molecule has 0 spiro atoms. The van der Waals surface area contributed by atoms with Crippen LogP contribution in [-0.4, -0.2) is 33.5 Å². The molecule has 0 radical (unpaired) electrons. The molecule has 0 bridgehead atoms. The van der Waals surface area contributed by atoms with E-state index in [1.807, 2.05) is 0 Å². The molecule has 4 nitrogen and oxygen atoms in total. The van der Waals surface area contributed by atoms with Gasteiger partial charge in [-0.05, 0) is 93.3 Å². The van der Waals surface area contributed by atoms with E-state index in [-0.39, 0.29) is 39.4 Å². The zero-order valence-corrected chi connectivity index (χ0v) is 22.6. The third-order valence-corrected chi connectivity index (χ3v) is 11.7. The van der Waals surface area contributed by atoms with Gasteiger partial charge in [-0.1, -0.05) is 57.4 Å². The summed E-state index contributed by atoms with van der Waals surface area (Å²) in [5.41, 5.74) is 3.68. The Hall–Kier alpha value is -1.13. The maximum atomic E-state index is 12.5. The first-order valence-electron chi connectivity index (χ1n) is 13.7. The Bertz CT molecular complexity index is 895. The minimum Gasteiger partial charge on any atom is -0.481 e. The summed E-state index contributed by atoms with van der Waals surface area (Å²) < 4.78 is 0. The highest BCUT2D eigenvalue weighted by atomic mass is 16.4. The average Bonchev–Trinajstić information content (AvgIpc) is 3.01. The zero-order chi connectivity index (χ0) is 25.3. The lowest BCUT2D eigenvalue weighted by atomic mass is 9.42. The smallest absolute Gasteiger partial charge is 0.306 e. The number of carboxylic acids is 1. The van der Waals surface area contributed by atoms with Crippen LogP contribution in [0.15, 0.2) is 22.8 Å². The molecule has 4 aliphatic carbocycles. The summed E-state index contributed by atoms with van der Waals surface area (Å²) in [6, 6.07) is 0. The molecule has 0 aromatic rings. The van der Waals surface area contributed by atoms with Crippen molar-refractivity contribution >= 4 is 5.97 Å². The minimum atomic E-state index is -0.633. The molecule has 192 valence electrons. The standard InChI is InChI=1S/C30H48O4/c1-18(2)9-8-10-19(26(33)34)20-13-15-29(6)21-11-12-23-27(3,4)24(31)17-25(32)30(23,7)22(21)14-16-28(20,29)5/h9,19-20,23-25,31-32H,8,10-17H2,1-7H3,(H,33,34)/t19-,20-,23+,24+,25-,28-,29+,30-/m1/s1. The number of allylic oxidation sites excluding steroid dienone is 3. The fourth-order valence-corrected chi connectivity index (χ4v) is 9.37. The van der Waals surface area contributed by atoms with Crippen LogP contribution < -0.4 is 0 Å². The average molecular weight is 473 g/mol. The van der Waals surface area contributed by atoms with E-state index >= 15 is 0 Å². The van der Waals surface area contributed by atoms with Crippen LogP contribution >= 0.6 is 0 Å². The van der Waals surface area contributed by atoms with E-state index in [4.69, 9.17) is 0 Å². The first kappa shape index (κ1) is 25.9. The topological polar surface area (TPSA) is 77.8 Å². The third-order valence-electron chi connectivity index (χ3n) is 11.7. The zero-order valence-electron chi connectivity index (χ0n) is 22.6. The number of aliphatic carboxylic acids is 1. The quantitative estimate of drug-likeness (QED) is 0.398. The fourth-order valence-electron chi connectivity index (χ4n) is 9.37. The van der Waals surface area contributed by atoms with Gasteiger partial charge < -0.3 is 15.3 Å². The summed E-state index contributed by atoms with van der Waals surface area (Å²) in [6.07, 6.45) is 9.16. The summed E-state index contributed by atoms with van der Waals surface area (Å²) in [4.78, 5) is 12.5. The van der Waals surface area contributed by atoms with E-state index in [1.165, 1.54) is 16.7 Å². The Morgan fingerprint density at radius 2 is 1.68 bits per heavy atom. The van der Waals surface area contributed by atoms with Crippen molar-refractivity contribution in [3.05, 3.63) is 22.8 Å². The van der Waals surface area contributed by atoms with Crippen molar-refractivity contribution in [2.45, 2.75) is 118 Å². The number of carbonyl (C=O) groups is 1. The van der Waals surface area contributed by atoms with Gasteiger partial charge in [-0.15, -0.1) is 0 Å². The van der Waals surface area contributed by atoms with Crippen LogP contribution in [0.25, 0.3) is 0 Å². The molecular formula is C30H48O4. The SMILES string of the molecule is CC(C)=CCC[C@@H](C(=O)O)[C@H]1CC[C@@]2(C)C3=C(CC[C@]12C)[C@@]1(C)[C@H](O)C[C@H](O)C(C)(C)[C@@H]1CC3. The van der Waals surface area contributed by atoms with Gasteiger partial charge in [-0.2, -0.15) is 0 Å². The maximum Gasteiger partial charge on any atom is 0.306 e. The molecule has 4 aliphatic rings. The molecule has 0 unspecified atom stereocenters. The molecule has 0 heterocycles. The third kappa shape index (κ3) is 3.49. The fraction of sp³-hybridized carbons (Fsp3) is 0.833. The van der Waals surface area contributed by atoms with Crippen molar-refractivity contribution in [3.63, 3.8) is 0 Å². The van der Waals surface area contributed by atoms with Gasteiger partial charge in [0.15, 0.2) is 0 Å². The monoisotopic (exact) mass is 472 g/mol. The van der Waals surface area contributed by atoms with Gasteiger partial charge in [0.25, 0.3) is 0 Å². The van der Waals surface area contributed by atoms with Crippen LogP contribution in [0.2, 0.25) is 0 Å². The van der Waals surface area contributed by atoms with Crippen LogP contribution in [-0.2, 0) is 4.79 Å². The number of carboxylic acid groups (broad SMARTS) is 1. The second-order valence-electron chi connectivity index (χ2n) is 13.6. The lowest BCUT2D eigenvalue weighted by Gasteiger charge is -2.63. The Morgan fingerprint density at radius 3 is 2.29 bits per heavy atom. The highest BCUT2D eigenvalue weighted by Gasteiger charge is 2.65. The highest BCUT2D eigenvalue weighted by molar-refractivity contribution is 5.70. The molecule has 34 heavy (non-hydrogen) atoms. The van der Waals surface area contributed by atoms with Crippen molar-refractivity contribution in [1.82, 2.24) is 0 Å². The predicted octanol–water partition coefficient (Wildman–Crippen LogP) is 6.51. The van der Waals surface area contributed by atoms with Gasteiger partial charge >= 0.3 is 5.97 Å². The van der Waals surface area contributed by atoms with Crippen LogP contribution in [0.5, 0.6) is 0 Å². The van der Waals surface area contributed by atoms with Crippen LogP contribution in [0, 0.1) is 39.4 Å². The largest absolute Gasteiger partial charge is 0.481 e. The molecule has 4 heteroatoms. The van der Waals surface area contributed by atoms with E-state index in [0.717, 1.165) is 44.9 Å². The van der Waals surface area contributed by atoms with E-state index in [1.54, 1.807) is 0 Å². The Balaban J connectivity index is 1.72. The number of hydrogen-bond donors (Lipinski definition) is 3. The van der Waals surface area contributed by atoms with Gasteiger partial charge in [0.1, 0.15) is 0 Å². The molecule has 0 aromatic heterocycles. The van der Waals surface area contributed by atoms with Gasteiger partial charge in [0.2, 0.25) is 0 Å². The summed E-state index contributed by atoms with van der Waals surface area (Å²) in [5.74, 6) is -0.481. The van der Waals surface area contributed by atoms with Crippen LogP contribution in [0.1, 0.15) is 106 Å². The lowest BCUT2D eigenvalue weighted by molar-refractivity contribution is -0.156. The van der Waals surface area contributed by atoms with E-state index in [2.05, 4.69) is 54.5 Å². The van der Waals surface area contributed by atoms with Crippen LogP contribution in [0.4, 0.5) is 0 Å². The van der Waals surface area contributed by atoms with E-state index in [0.29, 0.717) is 12.8 Å². The number of hydrogen-bond acceptors (Lipinski definition) is 3. The number of fused-ring (bicyclic) bond motifs is 4. The second-order valence-corrected chi connectivity index (χ2v) is 13.6. The molecular weight excluding hydrogens is 424 g/mol. The summed E-state index contributed by atoms with van der Waals surface area (Å²) in [7, 11) is 0. The van der Waals surface area contributed by atoms with Crippen LogP contribution in [0.3, 0.4) is 0 Å². The van der Waals surface area contributed by atoms with E-state index < -0.39 is 18.2 Å². The predicted molar refractivity (Wildman–Crippen MR) is 136 cm³/mol. The van der Waals surface area contributed by atoms with E-state index in [9.17, 15) is 20.1 Å². The molecule has 8 atom stereocenters. The normalized spacial score (nSPS) is 44.0. The van der Waals surface area contributed by atoms with Crippen molar-refractivity contribution in [3.8, 4) is 0 Å². The summed E-state index contributed by atoms with van der Waals surface area (Å²) >= 11 is 0. The number of aliphatic hydroxyl groups excluding tert-OH is 2. The molecule has 0 saturated heterocycles. The van der Waals surface area contributed by atoms with Crippen molar-refractivity contribution in [2.75, 3.05) is 0 Å². The highest BCUT2D eigenvalue weighted by Crippen LogP contribution is 2.72. The molecule has 4 rings (SSSR count). The van der Waals surface area contributed by atoms with Gasteiger partial charge in [-0.25, -0.2) is 0 Å². The second kappa shape index (κ2) is 8.47. The Kier molecular flexibility index (Phi) is 6.47. The summed E-state index contributed by atoms with van der Waals surface area (Å²) in [6.45, 7) is 15.6. The molecule has 2 fully saturated rings. The lowest BCUT2D eigenvalue weighted by Crippen LogP contribution is -2.60. The molecule has 0 amide bonds. The molecule has 0 aliphatic heterocycles. The van der Waals surface area contributed by atoms with Gasteiger partial charge in [0.05, 0.1) is 18.1 Å². The Morgan fingerprint density at radius 1 is 1.00 bits per heavy atom. The first-order chi connectivity index (χ1) is 15.7. The van der Waals surface area contributed by atoms with Gasteiger partial charge in [0, 0.05) is 11.8 Å². The number of rotatable bonds is 5. The summed E-state index contributed by atoms with van der Waals surface area (Å²) in [5, 5.41) is 32.4. The van der Waals surface area contributed by atoms with Crippen molar-refractivity contribution < 1.29 is 20.1 Å². The van der Waals surface area contributed by atoms with Crippen molar-refractivity contribution in [1.29, 1.82) is 0 Å². The molecule has 2 saturated carbocycles. The van der Waals surface area contributed by atoms with Gasteiger partial charge in [-0.3, -0.25) is 4.79 Å². The molecule has 0 aromatic carbocycles. The number of aliphatic hydroxyl groups is 2. The Labute approximate surface area is 206 Å².